The summed E-state index contributed by atoms with van der Waals surface area (Å²) in [4.78, 5) is 13.2. The Balaban J connectivity index is 1.91. The van der Waals surface area contributed by atoms with Crippen molar-refractivity contribution in [1.82, 2.24) is 8.75 Å². The number of nitrogens with one attached hydrogen (secondary N) is 1. The summed E-state index contributed by atoms with van der Waals surface area (Å²) in [7, 11) is 0. The Labute approximate surface area is 118 Å². The predicted octanol–water partition coefficient (Wildman–Crippen LogP) is 2.60. The molecule has 0 aromatic carbocycles. The molecule has 1 aliphatic carbocycles. The Morgan fingerprint density at radius 1 is 1.42 bits per heavy atom. The van der Waals surface area contributed by atoms with Crippen molar-refractivity contribution in [3.05, 3.63) is 27.9 Å². The van der Waals surface area contributed by atoms with Gasteiger partial charge in [0.15, 0.2) is 5.69 Å². The van der Waals surface area contributed by atoms with Crippen LogP contribution in [-0.4, -0.2) is 14.7 Å². The van der Waals surface area contributed by atoms with Gasteiger partial charge in [0.25, 0.3) is 5.91 Å². The number of rotatable bonds is 2. The average Bonchev–Trinajstić information content (AvgIpc) is 3.05. The molecule has 1 amide bonds. The first-order valence-corrected chi connectivity index (χ1v) is 7.48. The zero-order valence-electron chi connectivity index (χ0n) is 9.97. The summed E-state index contributed by atoms with van der Waals surface area (Å²) in [5, 5.41) is 12.7. The van der Waals surface area contributed by atoms with E-state index >= 15 is 0 Å². The van der Waals surface area contributed by atoms with Crippen LogP contribution in [0.5, 0.6) is 0 Å². The second-order valence-corrected chi connectivity index (χ2v) is 5.94. The lowest BCUT2D eigenvalue weighted by Gasteiger charge is -2.09. The van der Waals surface area contributed by atoms with E-state index in [-0.39, 0.29) is 5.91 Å². The van der Waals surface area contributed by atoms with Gasteiger partial charge in [-0.1, -0.05) is 0 Å². The van der Waals surface area contributed by atoms with Gasteiger partial charge >= 0.3 is 0 Å². The van der Waals surface area contributed by atoms with E-state index in [1.807, 2.05) is 0 Å². The summed E-state index contributed by atoms with van der Waals surface area (Å²) in [6.45, 7) is 0. The van der Waals surface area contributed by atoms with E-state index in [0.29, 0.717) is 16.3 Å². The Hall–Kier alpha value is -1.78. The monoisotopic (exact) mass is 290 g/mol. The lowest BCUT2D eigenvalue weighted by molar-refractivity contribution is 0.102. The molecule has 2 aromatic rings. The summed E-state index contributed by atoms with van der Waals surface area (Å²) in [6, 6.07) is 2.22. The van der Waals surface area contributed by atoms with E-state index in [1.165, 1.54) is 22.4 Å². The van der Waals surface area contributed by atoms with Gasteiger partial charge in [0, 0.05) is 4.88 Å². The highest BCUT2D eigenvalue weighted by atomic mass is 32.1. The highest BCUT2D eigenvalue weighted by Crippen LogP contribution is 2.37. The quantitative estimate of drug-likeness (QED) is 0.922. The van der Waals surface area contributed by atoms with Crippen LogP contribution in [-0.2, 0) is 12.8 Å². The summed E-state index contributed by atoms with van der Waals surface area (Å²) in [5.41, 5.74) is 2.03. The number of nitrogens with zero attached hydrogens (tertiary/aromatic N) is 3. The number of carbonyl (C=O) groups is 1. The van der Waals surface area contributed by atoms with Crippen LogP contribution in [0.1, 0.15) is 39.3 Å². The second kappa shape index (κ2) is 5.07. The Bertz CT molecular complexity index is 654. The van der Waals surface area contributed by atoms with Gasteiger partial charge in [0.1, 0.15) is 11.1 Å². The Morgan fingerprint density at radius 3 is 3.00 bits per heavy atom. The number of hydrogen-bond donors (Lipinski definition) is 1. The fraction of sp³-hybridized carbons (Fsp3) is 0.333. The number of anilines is 1. The molecule has 0 unspecified atom stereocenters. The molecule has 0 bridgehead atoms. The van der Waals surface area contributed by atoms with Gasteiger partial charge in [-0.3, -0.25) is 4.79 Å². The van der Waals surface area contributed by atoms with Gasteiger partial charge in [0.05, 0.1) is 23.5 Å². The average molecular weight is 290 g/mol. The van der Waals surface area contributed by atoms with Gasteiger partial charge in [-0.05, 0) is 31.2 Å². The summed E-state index contributed by atoms with van der Waals surface area (Å²) >= 11 is 2.51. The fourth-order valence-electron chi connectivity index (χ4n) is 2.20. The molecule has 96 valence electrons. The molecule has 19 heavy (non-hydrogen) atoms. The third-order valence-corrected chi connectivity index (χ3v) is 4.79. The standard InChI is InChI=1S/C12H10N4OS2/c13-5-8-7-3-1-2-4-10(7)18-12(8)15-11(17)9-6-14-19-16-9/h6H,1-4H2,(H,15,17). The van der Waals surface area contributed by atoms with E-state index in [9.17, 15) is 10.1 Å². The van der Waals surface area contributed by atoms with Crippen molar-refractivity contribution >= 4 is 34.0 Å². The Morgan fingerprint density at radius 2 is 2.26 bits per heavy atom. The van der Waals surface area contributed by atoms with Crippen molar-refractivity contribution in [3.8, 4) is 6.07 Å². The lowest BCUT2D eigenvalue weighted by atomic mass is 9.96. The van der Waals surface area contributed by atoms with Crippen molar-refractivity contribution in [2.45, 2.75) is 25.7 Å². The van der Waals surface area contributed by atoms with Crippen LogP contribution in [0.3, 0.4) is 0 Å². The van der Waals surface area contributed by atoms with Crippen LogP contribution in [0.4, 0.5) is 5.00 Å². The fourth-order valence-corrected chi connectivity index (χ4v) is 3.85. The smallest absolute Gasteiger partial charge is 0.277 e. The maximum atomic E-state index is 11.9. The number of nitriles is 1. The zero-order valence-corrected chi connectivity index (χ0v) is 11.6. The molecular weight excluding hydrogens is 280 g/mol. The molecule has 0 saturated heterocycles. The lowest BCUT2D eigenvalue weighted by Crippen LogP contribution is -2.12. The molecular formula is C12H10N4OS2. The van der Waals surface area contributed by atoms with Gasteiger partial charge < -0.3 is 5.32 Å². The van der Waals surface area contributed by atoms with E-state index in [4.69, 9.17) is 0 Å². The van der Waals surface area contributed by atoms with Crippen LogP contribution < -0.4 is 5.32 Å². The van der Waals surface area contributed by atoms with Crippen molar-refractivity contribution in [1.29, 1.82) is 5.26 Å². The predicted molar refractivity (Wildman–Crippen MR) is 73.5 cm³/mol. The van der Waals surface area contributed by atoms with Gasteiger partial charge in [0.2, 0.25) is 0 Å². The molecule has 0 fully saturated rings. The van der Waals surface area contributed by atoms with Crippen molar-refractivity contribution in [2.75, 3.05) is 5.32 Å². The first-order valence-electron chi connectivity index (χ1n) is 5.93. The van der Waals surface area contributed by atoms with Crippen molar-refractivity contribution in [2.24, 2.45) is 0 Å². The normalized spacial score (nSPS) is 13.6. The molecule has 2 aromatic heterocycles. The van der Waals surface area contributed by atoms with Crippen LogP contribution in [0.15, 0.2) is 6.20 Å². The highest BCUT2D eigenvalue weighted by molar-refractivity contribution is 7.16. The van der Waals surface area contributed by atoms with Gasteiger partial charge in [-0.15, -0.1) is 11.3 Å². The van der Waals surface area contributed by atoms with Crippen LogP contribution in [0.2, 0.25) is 0 Å². The molecule has 0 aliphatic heterocycles. The molecule has 5 nitrogen and oxygen atoms in total. The number of thiophene rings is 1. The first kappa shape index (κ1) is 12.3. The number of carbonyl (C=O) groups excluding carboxylic acids is 1. The topological polar surface area (TPSA) is 78.7 Å². The second-order valence-electron chi connectivity index (χ2n) is 4.27. The minimum atomic E-state index is -0.302. The summed E-state index contributed by atoms with van der Waals surface area (Å²) in [6.07, 6.45) is 5.63. The van der Waals surface area contributed by atoms with Crippen molar-refractivity contribution in [3.63, 3.8) is 0 Å². The molecule has 0 spiro atoms. The molecule has 0 saturated carbocycles. The van der Waals surface area contributed by atoms with Crippen LogP contribution >= 0.6 is 23.1 Å². The number of hydrogen-bond acceptors (Lipinski definition) is 6. The molecule has 1 aliphatic rings. The highest BCUT2D eigenvalue weighted by Gasteiger charge is 2.22. The molecule has 1 N–H and O–H groups in total. The number of aryl methyl sites for hydroxylation is 1. The molecule has 0 radical (unpaired) electrons. The molecule has 7 heteroatoms. The van der Waals surface area contributed by atoms with Crippen LogP contribution in [0, 0.1) is 11.3 Å². The minimum Gasteiger partial charge on any atom is -0.311 e. The van der Waals surface area contributed by atoms with E-state index in [2.05, 4.69) is 20.1 Å². The molecule has 3 rings (SSSR count). The largest absolute Gasteiger partial charge is 0.311 e. The summed E-state index contributed by atoms with van der Waals surface area (Å²) in [5.74, 6) is -0.302. The third-order valence-electron chi connectivity index (χ3n) is 3.10. The summed E-state index contributed by atoms with van der Waals surface area (Å²) < 4.78 is 7.69. The maximum Gasteiger partial charge on any atom is 0.277 e. The molecule has 0 atom stereocenters. The Kier molecular flexibility index (Phi) is 3.27. The number of fused-ring (bicyclic) bond motifs is 1. The molecule has 2 heterocycles. The number of amides is 1. The third kappa shape index (κ3) is 2.25. The van der Waals surface area contributed by atoms with Gasteiger partial charge in [-0.25, -0.2) is 0 Å². The van der Waals surface area contributed by atoms with E-state index in [1.54, 1.807) is 0 Å². The number of aromatic nitrogens is 2. The minimum absolute atomic E-state index is 0.292. The first-order chi connectivity index (χ1) is 9.29. The van der Waals surface area contributed by atoms with Crippen LogP contribution in [0.25, 0.3) is 0 Å². The van der Waals surface area contributed by atoms with Gasteiger partial charge in [-0.2, -0.15) is 14.0 Å². The van der Waals surface area contributed by atoms with E-state index in [0.717, 1.165) is 43.0 Å². The maximum absolute atomic E-state index is 11.9. The zero-order chi connectivity index (χ0) is 13.2. The van der Waals surface area contributed by atoms with Crippen molar-refractivity contribution < 1.29 is 4.79 Å². The van der Waals surface area contributed by atoms with E-state index < -0.39 is 0 Å². The SMILES string of the molecule is N#Cc1c(NC(=O)c2cnsn2)sc2c1CCCC2.